The molecule has 1 aliphatic rings. The van der Waals surface area contributed by atoms with Crippen molar-refractivity contribution in [1.82, 2.24) is 15.2 Å². The Morgan fingerprint density at radius 2 is 2.00 bits per heavy atom. The number of aromatic nitrogens is 2. The summed E-state index contributed by atoms with van der Waals surface area (Å²) >= 11 is 0. The normalized spacial score (nSPS) is 13.1. The van der Waals surface area contributed by atoms with Crippen molar-refractivity contribution in [2.75, 3.05) is 20.3 Å². The highest BCUT2D eigenvalue weighted by Crippen LogP contribution is 2.34. The van der Waals surface area contributed by atoms with E-state index >= 15 is 0 Å². The third-order valence-corrected chi connectivity index (χ3v) is 4.54. The minimum absolute atomic E-state index is 0.607. The maximum atomic E-state index is 11.3. The van der Waals surface area contributed by atoms with Gasteiger partial charge in [-0.15, -0.1) is 0 Å². The van der Waals surface area contributed by atoms with Crippen LogP contribution < -0.4 is 14.9 Å². The van der Waals surface area contributed by atoms with Crippen molar-refractivity contribution in [3.63, 3.8) is 0 Å². The van der Waals surface area contributed by atoms with Crippen LogP contribution in [0.4, 0.5) is 4.79 Å². The molecule has 1 amide bonds. The minimum atomic E-state index is -0.639. The molecule has 8 nitrogen and oxygen atoms in total. The predicted molar refractivity (Wildman–Crippen MR) is 112 cm³/mol. The van der Waals surface area contributed by atoms with Crippen LogP contribution in [-0.2, 0) is 11.3 Å². The number of hydrogen-bond acceptors (Lipinski definition) is 6. The summed E-state index contributed by atoms with van der Waals surface area (Å²) in [4.78, 5) is 11.3. The summed E-state index contributed by atoms with van der Waals surface area (Å²) in [6.07, 6.45) is 3.63. The Morgan fingerprint density at radius 3 is 2.80 bits per heavy atom. The minimum Gasteiger partial charge on any atom is -0.490 e. The molecule has 2 aromatic carbocycles. The van der Waals surface area contributed by atoms with Crippen LogP contribution in [0.3, 0.4) is 0 Å². The first-order valence-corrected chi connectivity index (χ1v) is 9.61. The smallest absolute Gasteiger partial charge is 0.427 e. The molecule has 0 bridgehead atoms. The van der Waals surface area contributed by atoms with Gasteiger partial charge in [0, 0.05) is 23.7 Å². The van der Waals surface area contributed by atoms with Crippen molar-refractivity contribution >= 4 is 12.3 Å². The number of carbonyl (C=O) groups is 1. The number of hydrogen-bond donors (Lipinski definition) is 1. The number of amides is 1. The first kappa shape index (κ1) is 19.5. The van der Waals surface area contributed by atoms with Crippen molar-refractivity contribution in [2.45, 2.75) is 13.0 Å². The van der Waals surface area contributed by atoms with Crippen LogP contribution in [-0.4, -0.2) is 42.4 Å². The number of nitrogens with zero attached hydrogens (tertiary/aromatic N) is 3. The second kappa shape index (κ2) is 9.13. The SMILES string of the molecule is COC(=O)N/N=C\c1cn(Cc2ccccc2)nc1-c1ccc2c(c1)OCCCO2. The fourth-order valence-corrected chi connectivity index (χ4v) is 3.12. The zero-order chi connectivity index (χ0) is 20.8. The summed E-state index contributed by atoms with van der Waals surface area (Å²) < 4.78 is 17.9. The summed E-state index contributed by atoms with van der Waals surface area (Å²) in [6, 6.07) is 15.8. The molecular formula is C22H22N4O4. The Kier molecular flexibility index (Phi) is 5.93. The van der Waals surface area contributed by atoms with E-state index in [2.05, 4.69) is 15.3 Å². The van der Waals surface area contributed by atoms with Crippen molar-refractivity contribution in [1.29, 1.82) is 0 Å². The largest absolute Gasteiger partial charge is 0.490 e. The van der Waals surface area contributed by atoms with Crippen molar-refractivity contribution in [3.8, 4) is 22.8 Å². The number of nitrogens with one attached hydrogen (secondary N) is 1. The van der Waals surface area contributed by atoms with Crippen molar-refractivity contribution in [2.24, 2.45) is 5.10 Å². The molecule has 1 aliphatic heterocycles. The van der Waals surface area contributed by atoms with E-state index in [4.69, 9.17) is 14.6 Å². The van der Waals surface area contributed by atoms with Gasteiger partial charge in [-0.3, -0.25) is 4.68 Å². The summed E-state index contributed by atoms with van der Waals surface area (Å²) in [6.45, 7) is 1.85. The zero-order valence-electron chi connectivity index (χ0n) is 16.6. The van der Waals surface area contributed by atoms with Crippen LogP contribution in [0.5, 0.6) is 11.5 Å². The third-order valence-electron chi connectivity index (χ3n) is 4.54. The van der Waals surface area contributed by atoms with Gasteiger partial charge in [-0.1, -0.05) is 30.3 Å². The lowest BCUT2D eigenvalue weighted by Gasteiger charge is -2.08. The molecule has 0 unspecified atom stereocenters. The molecule has 1 aromatic heterocycles. The quantitative estimate of drug-likeness (QED) is 0.518. The number of ether oxygens (including phenoxy) is 3. The van der Waals surface area contributed by atoms with E-state index in [0.29, 0.717) is 25.5 Å². The number of benzene rings is 2. The standard InChI is InChI=1S/C22H22N4O4/c1-28-22(27)24-23-13-18-15-26(14-16-6-3-2-4-7-16)25-21(18)17-8-9-19-20(12-17)30-11-5-10-29-19/h2-4,6-9,12-13,15H,5,10-11,14H2,1H3,(H,24,27)/b23-13-. The molecule has 0 saturated carbocycles. The van der Waals surface area contributed by atoms with E-state index in [1.54, 1.807) is 6.21 Å². The Balaban J connectivity index is 1.67. The summed E-state index contributed by atoms with van der Waals surface area (Å²) in [5.74, 6) is 1.42. The van der Waals surface area contributed by atoms with Crippen LogP contribution >= 0.6 is 0 Å². The molecule has 0 fully saturated rings. The van der Waals surface area contributed by atoms with Gasteiger partial charge in [0.2, 0.25) is 0 Å². The van der Waals surface area contributed by atoms with Crippen molar-refractivity contribution in [3.05, 3.63) is 65.9 Å². The highest BCUT2D eigenvalue weighted by molar-refractivity contribution is 5.89. The monoisotopic (exact) mass is 406 g/mol. The van der Waals surface area contributed by atoms with Crippen LogP contribution in [0.15, 0.2) is 59.8 Å². The molecule has 154 valence electrons. The maximum absolute atomic E-state index is 11.3. The molecule has 4 rings (SSSR count). The third kappa shape index (κ3) is 4.60. The average molecular weight is 406 g/mol. The Hall–Kier alpha value is -3.81. The molecule has 0 radical (unpaired) electrons. The predicted octanol–water partition coefficient (Wildman–Crippen LogP) is 3.45. The van der Waals surface area contributed by atoms with Gasteiger partial charge >= 0.3 is 6.09 Å². The van der Waals surface area contributed by atoms with E-state index in [-0.39, 0.29) is 0 Å². The number of methoxy groups -OCH3 is 1. The van der Waals surface area contributed by atoms with E-state index in [1.165, 1.54) is 7.11 Å². The number of rotatable bonds is 5. The number of carbonyl (C=O) groups excluding carboxylic acids is 1. The number of fused-ring (bicyclic) bond motifs is 1. The molecule has 0 aliphatic carbocycles. The topological polar surface area (TPSA) is 87.0 Å². The lowest BCUT2D eigenvalue weighted by atomic mass is 10.1. The zero-order valence-corrected chi connectivity index (χ0v) is 16.6. The van der Waals surface area contributed by atoms with Crippen LogP contribution in [0.1, 0.15) is 17.5 Å². The van der Waals surface area contributed by atoms with Crippen molar-refractivity contribution < 1.29 is 19.0 Å². The molecule has 0 saturated heterocycles. The molecule has 2 heterocycles. The number of hydrazone groups is 1. The molecular weight excluding hydrogens is 384 g/mol. The Morgan fingerprint density at radius 1 is 1.20 bits per heavy atom. The highest BCUT2D eigenvalue weighted by Gasteiger charge is 2.16. The van der Waals surface area contributed by atoms with Crippen LogP contribution in [0.25, 0.3) is 11.3 Å². The second-order valence-corrected chi connectivity index (χ2v) is 6.69. The van der Waals surface area contributed by atoms with Gasteiger partial charge in [0.15, 0.2) is 11.5 Å². The second-order valence-electron chi connectivity index (χ2n) is 6.69. The molecule has 3 aromatic rings. The average Bonchev–Trinajstić information content (AvgIpc) is 3.01. The fourth-order valence-electron chi connectivity index (χ4n) is 3.12. The van der Waals surface area contributed by atoms with Crippen LogP contribution in [0, 0.1) is 0 Å². The van der Waals surface area contributed by atoms with Gasteiger partial charge in [-0.2, -0.15) is 10.2 Å². The van der Waals surface area contributed by atoms with Gasteiger partial charge < -0.3 is 14.2 Å². The van der Waals surface area contributed by atoms with Gasteiger partial charge in [-0.05, 0) is 23.8 Å². The van der Waals surface area contributed by atoms with E-state index < -0.39 is 6.09 Å². The van der Waals surface area contributed by atoms with Gasteiger partial charge in [0.25, 0.3) is 0 Å². The highest BCUT2D eigenvalue weighted by atomic mass is 16.5. The van der Waals surface area contributed by atoms with E-state index in [0.717, 1.165) is 34.6 Å². The molecule has 0 spiro atoms. The Bertz CT molecular complexity index is 1050. The van der Waals surface area contributed by atoms with Crippen LogP contribution in [0.2, 0.25) is 0 Å². The summed E-state index contributed by atoms with van der Waals surface area (Å²) in [5.41, 5.74) is 5.76. The van der Waals surface area contributed by atoms with Gasteiger partial charge in [-0.25, -0.2) is 10.2 Å². The summed E-state index contributed by atoms with van der Waals surface area (Å²) in [7, 11) is 1.28. The lowest BCUT2D eigenvalue weighted by Crippen LogP contribution is -2.16. The molecule has 8 heteroatoms. The Labute approximate surface area is 174 Å². The molecule has 0 atom stereocenters. The molecule has 30 heavy (non-hydrogen) atoms. The van der Waals surface area contributed by atoms with E-state index in [1.807, 2.05) is 59.4 Å². The van der Waals surface area contributed by atoms with Gasteiger partial charge in [0.1, 0.15) is 5.69 Å². The fraction of sp³-hybridized carbons (Fsp3) is 0.227. The molecule has 1 N–H and O–H groups in total. The maximum Gasteiger partial charge on any atom is 0.427 e. The first-order valence-electron chi connectivity index (χ1n) is 9.61. The lowest BCUT2D eigenvalue weighted by molar-refractivity contribution is 0.171. The van der Waals surface area contributed by atoms with E-state index in [9.17, 15) is 4.79 Å². The van der Waals surface area contributed by atoms with Gasteiger partial charge in [0.05, 0.1) is 33.1 Å². The first-order chi connectivity index (χ1) is 14.7. The summed E-state index contributed by atoms with van der Waals surface area (Å²) in [5, 5.41) is 8.71.